The van der Waals surface area contributed by atoms with Gasteiger partial charge in [0.1, 0.15) is 13.2 Å². The lowest BCUT2D eigenvalue weighted by molar-refractivity contribution is -0.134. The summed E-state index contributed by atoms with van der Waals surface area (Å²) < 4.78 is 16.2. The molecule has 0 unspecified atom stereocenters. The number of anilines is 1. The largest absolute Gasteiger partial charge is 0.486 e. The van der Waals surface area contributed by atoms with E-state index in [-0.39, 0.29) is 5.91 Å². The number of fused-ring (bicyclic) bond motifs is 1. The van der Waals surface area contributed by atoms with Crippen LogP contribution in [0.1, 0.15) is 6.42 Å². The number of hydrogen-bond acceptors (Lipinski definition) is 5. The highest BCUT2D eigenvalue weighted by Crippen LogP contribution is 2.32. The molecule has 0 atom stereocenters. The van der Waals surface area contributed by atoms with Gasteiger partial charge in [0.15, 0.2) is 11.5 Å². The van der Waals surface area contributed by atoms with Crippen molar-refractivity contribution in [2.75, 3.05) is 51.4 Å². The van der Waals surface area contributed by atoms with Crippen molar-refractivity contribution in [1.29, 1.82) is 0 Å². The highest BCUT2D eigenvalue weighted by atomic mass is 16.6. The number of nitrogens with zero attached hydrogens (tertiary/aromatic N) is 1. The summed E-state index contributed by atoms with van der Waals surface area (Å²) in [5, 5.41) is 3.25. The maximum atomic E-state index is 12.0. The maximum absolute atomic E-state index is 12.0. The van der Waals surface area contributed by atoms with Gasteiger partial charge in [0.2, 0.25) is 5.91 Å². The van der Waals surface area contributed by atoms with Gasteiger partial charge in [-0.05, 0) is 12.1 Å². The minimum atomic E-state index is 0.170. The van der Waals surface area contributed by atoms with E-state index in [1.54, 1.807) is 0 Å². The highest BCUT2D eigenvalue weighted by molar-refractivity contribution is 5.76. The third kappa shape index (κ3) is 3.58. The third-order valence-electron chi connectivity index (χ3n) is 3.57. The molecule has 2 aliphatic rings. The first-order chi connectivity index (χ1) is 10.3. The van der Waals surface area contributed by atoms with E-state index in [4.69, 9.17) is 14.2 Å². The molecular weight excluding hydrogens is 272 g/mol. The van der Waals surface area contributed by atoms with Gasteiger partial charge in [-0.1, -0.05) is 0 Å². The van der Waals surface area contributed by atoms with Gasteiger partial charge in [-0.2, -0.15) is 0 Å². The van der Waals surface area contributed by atoms with Gasteiger partial charge in [-0.25, -0.2) is 0 Å². The van der Waals surface area contributed by atoms with Gasteiger partial charge in [0.05, 0.1) is 13.2 Å². The van der Waals surface area contributed by atoms with Crippen LogP contribution in [0.3, 0.4) is 0 Å². The van der Waals surface area contributed by atoms with Crippen LogP contribution in [-0.4, -0.2) is 56.9 Å². The first-order valence-corrected chi connectivity index (χ1v) is 7.32. The van der Waals surface area contributed by atoms with Crippen molar-refractivity contribution in [2.45, 2.75) is 6.42 Å². The van der Waals surface area contributed by atoms with Crippen LogP contribution in [0.25, 0.3) is 0 Å². The second-order valence-corrected chi connectivity index (χ2v) is 5.03. The molecule has 0 bridgehead atoms. The van der Waals surface area contributed by atoms with Crippen LogP contribution in [0.15, 0.2) is 18.2 Å². The fraction of sp³-hybridized carbons (Fsp3) is 0.533. The molecule has 21 heavy (non-hydrogen) atoms. The number of morpholine rings is 1. The van der Waals surface area contributed by atoms with Crippen LogP contribution in [0.5, 0.6) is 11.5 Å². The van der Waals surface area contributed by atoms with Crippen molar-refractivity contribution in [3.8, 4) is 11.5 Å². The van der Waals surface area contributed by atoms with Crippen molar-refractivity contribution >= 4 is 11.6 Å². The van der Waals surface area contributed by atoms with Crippen LogP contribution < -0.4 is 14.8 Å². The predicted octanol–water partition coefficient (Wildman–Crippen LogP) is 1.12. The molecule has 1 fully saturated rings. The molecule has 3 rings (SSSR count). The summed E-state index contributed by atoms with van der Waals surface area (Å²) in [5.74, 6) is 1.70. The average molecular weight is 292 g/mol. The second kappa shape index (κ2) is 6.67. The Kier molecular flexibility index (Phi) is 4.45. The SMILES string of the molecule is O=C(CCNc1ccc2c(c1)OCCO2)N1CCOCC1. The fourth-order valence-electron chi connectivity index (χ4n) is 2.44. The summed E-state index contributed by atoms with van der Waals surface area (Å²) in [7, 11) is 0. The van der Waals surface area contributed by atoms with E-state index in [0.29, 0.717) is 52.5 Å². The Bertz CT molecular complexity index is 500. The Morgan fingerprint density at radius 3 is 2.67 bits per heavy atom. The van der Waals surface area contributed by atoms with Crippen LogP contribution in [0.4, 0.5) is 5.69 Å². The Hall–Kier alpha value is -1.95. The van der Waals surface area contributed by atoms with E-state index >= 15 is 0 Å². The molecule has 0 radical (unpaired) electrons. The van der Waals surface area contributed by atoms with E-state index in [9.17, 15) is 4.79 Å². The van der Waals surface area contributed by atoms with Crippen molar-refractivity contribution in [3.05, 3.63) is 18.2 Å². The van der Waals surface area contributed by atoms with Crippen molar-refractivity contribution < 1.29 is 19.0 Å². The summed E-state index contributed by atoms with van der Waals surface area (Å²) in [6, 6.07) is 5.74. The molecule has 2 heterocycles. The highest BCUT2D eigenvalue weighted by Gasteiger charge is 2.16. The van der Waals surface area contributed by atoms with Crippen molar-refractivity contribution in [3.63, 3.8) is 0 Å². The molecule has 1 aromatic carbocycles. The topological polar surface area (TPSA) is 60.0 Å². The Morgan fingerprint density at radius 2 is 1.86 bits per heavy atom. The molecule has 1 aromatic rings. The average Bonchev–Trinajstić information content (AvgIpc) is 2.55. The minimum Gasteiger partial charge on any atom is -0.486 e. The van der Waals surface area contributed by atoms with E-state index in [2.05, 4.69) is 5.32 Å². The number of rotatable bonds is 4. The molecule has 6 heteroatoms. The quantitative estimate of drug-likeness (QED) is 0.901. The third-order valence-corrected chi connectivity index (χ3v) is 3.57. The van der Waals surface area contributed by atoms with Crippen LogP contribution in [-0.2, 0) is 9.53 Å². The predicted molar refractivity (Wildman–Crippen MR) is 77.9 cm³/mol. The number of amides is 1. The summed E-state index contributed by atoms with van der Waals surface area (Å²) >= 11 is 0. The second-order valence-electron chi connectivity index (χ2n) is 5.03. The van der Waals surface area contributed by atoms with Crippen molar-refractivity contribution in [1.82, 2.24) is 4.90 Å². The normalized spacial score (nSPS) is 17.4. The summed E-state index contributed by atoms with van der Waals surface area (Å²) in [4.78, 5) is 13.9. The number of ether oxygens (including phenoxy) is 3. The van der Waals surface area contributed by atoms with Gasteiger partial charge in [-0.15, -0.1) is 0 Å². The van der Waals surface area contributed by atoms with E-state index < -0.39 is 0 Å². The van der Waals surface area contributed by atoms with Gasteiger partial charge < -0.3 is 24.4 Å². The number of carbonyl (C=O) groups is 1. The molecule has 114 valence electrons. The molecule has 6 nitrogen and oxygen atoms in total. The fourth-order valence-corrected chi connectivity index (χ4v) is 2.44. The maximum Gasteiger partial charge on any atom is 0.224 e. The van der Waals surface area contributed by atoms with Gasteiger partial charge in [-0.3, -0.25) is 4.79 Å². The molecular formula is C15H20N2O4. The first-order valence-electron chi connectivity index (χ1n) is 7.32. The van der Waals surface area contributed by atoms with Gasteiger partial charge in [0, 0.05) is 37.8 Å². The van der Waals surface area contributed by atoms with Crippen LogP contribution in [0, 0.1) is 0 Å². The van der Waals surface area contributed by atoms with E-state index in [0.717, 1.165) is 17.2 Å². The standard InChI is InChI=1S/C15H20N2O4/c18-15(17-5-7-19-8-6-17)3-4-16-12-1-2-13-14(11-12)21-10-9-20-13/h1-2,11,16H,3-10H2. The lowest BCUT2D eigenvalue weighted by atomic mass is 10.2. The molecule has 2 aliphatic heterocycles. The molecule has 1 N–H and O–H groups in total. The van der Waals surface area contributed by atoms with Crippen LogP contribution in [0.2, 0.25) is 0 Å². The number of carbonyl (C=O) groups excluding carboxylic acids is 1. The molecule has 1 saturated heterocycles. The minimum absolute atomic E-state index is 0.170. The summed E-state index contributed by atoms with van der Waals surface area (Å²) in [6.45, 7) is 4.45. The van der Waals surface area contributed by atoms with E-state index in [1.165, 1.54) is 0 Å². The zero-order chi connectivity index (χ0) is 14.5. The van der Waals surface area contributed by atoms with Crippen molar-refractivity contribution in [2.24, 2.45) is 0 Å². The smallest absolute Gasteiger partial charge is 0.224 e. The summed E-state index contributed by atoms with van der Waals surface area (Å²) in [5.41, 5.74) is 0.939. The Balaban J connectivity index is 1.47. The molecule has 0 aromatic heterocycles. The molecule has 0 saturated carbocycles. The van der Waals surface area contributed by atoms with E-state index in [1.807, 2.05) is 23.1 Å². The zero-order valence-electron chi connectivity index (χ0n) is 12.0. The molecule has 0 aliphatic carbocycles. The number of benzene rings is 1. The van der Waals surface area contributed by atoms with Crippen LogP contribution >= 0.6 is 0 Å². The zero-order valence-corrected chi connectivity index (χ0v) is 12.0. The Morgan fingerprint density at radius 1 is 1.10 bits per heavy atom. The molecule has 1 amide bonds. The first kappa shape index (κ1) is 14.0. The van der Waals surface area contributed by atoms with Gasteiger partial charge >= 0.3 is 0 Å². The van der Waals surface area contributed by atoms with Gasteiger partial charge in [0.25, 0.3) is 0 Å². The number of nitrogens with one attached hydrogen (secondary N) is 1. The monoisotopic (exact) mass is 292 g/mol. The molecule has 0 spiro atoms. The summed E-state index contributed by atoms with van der Waals surface area (Å²) in [6.07, 6.45) is 0.481. The lowest BCUT2D eigenvalue weighted by Gasteiger charge is -2.27. The number of hydrogen-bond donors (Lipinski definition) is 1. The lowest BCUT2D eigenvalue weighted by Crippen LogP contribution is -2.41. The Labute approximate surface area is 124 Å².